The van der Waals surface area contributed by atoms with Crippen molar-refractivity contribution < 1.29 is 10.2 Å². The summed E-state index contributed by atoms with van der Waals surface area (Å²) in [7, 11) is 0. The standard InChI is InChI=1S/C10H18O2/c1-3-10(7-11)6-8(2)4-5-9(10)12/h3,8-9,11-12H,1,4-7H2,2H3/t8-,9-,10-/m0/s1. The molecule has 70 valence electrons. The van der Waals surface area contributed by atoms with Crippen LogP contribution in [0.25, 0.3) is 0 Å². The van der Waals surface area contributed by atoms with Gasteiger partial charge in [0, 0.05) is 5.41 Å². The van der Waals surface area contributed by atoms with Crippen molar-refractivity contribution in [2.45, 2.75) is 32.3 Å². The Balaban J connectivity index is 2.75. The third-order valence-electron chi connectivity index (χ3n) is 3.03. The van der Waals surface area contributed by atoms with Crippen molar-refractivity contribution >= 4 is 0 Å². The first-order chi connectivity index (χ1) is 5.64. The normalized spacial score (nSPS) is 42.6. The van der Waals surface area contributed by atoms with Gasteiger partial charge < -0.3 is 10.2 Å². The van der Waals surface area contributed by atoms with Crippen LogP contribution in [0.4, 0.5) is 0 Å². The summed E-state index contributed by atoms with van der Waals surface area (Å²) in [6.07, 6.45) is 4.00. The summed E-state index contributed by atoms with van der Waals surface area (Å²) in [4.78, 5) is 0. The second kappa shape index (κ2) is 3.58. The van der Waals surface area contributed by atoms with Crippen LogP contribution in [0.2, 0.25) is 0 Å². The third-order valence-corrected chi connectivity index (χ3v) is 3.03. The monoisotopic (exact) mass is 170 g/mol. The smallest absolute Gasteiger partial charge is 0.0653 e. The molecule has 0 amide bonds. The highest BCUT2D eigenvalue weighted by molar-refractivity contribution is 5.02. The summed E-state index contributed by atoms with van der Waals surface area (Å²) in [5, 5.41) is 18.9. The number of aliphatic hydroxyl groups is 2. The Morgan fingerprint density at radius 3 is 2.67 bits per heavy atom. The molecule has 1 aliphatic carbocycles. The molecule has 1 rings (SSSR count). The average molecular weight is 170 g/mol. The van der Waals surface area contributed by atoms with Gasteiger partial charge in [-0.3, -0.25) is 0 Å². The molecule has 1 aliphatic rings. The van der Waals surface area contributed by atoms with Crippen LogP contribution in [0.15, 0.2) is 12.7 Å². The molecule has 0 bridgehead atoms. The molecule has 2 heteroatoms. The van der Waals surface area contributed by atoms with Gasteiger partial charge in [-0.1, -0.05) is 13.0 Å². The zero-order valence-electron chi connectivity index (χ0n) is 7.66. The van der Waals surface area contributed by atoms with Gasteiger partial charge in [0.2, 0.25) is 0 Å². The maximum absolute atomic E-state index is 9.71. The van der Waals surface area contributed by atoms with Crippen LogP contribution in [-0.4, -0.2) is 22.9 Å². The topological polar surface area (TPSA) is 40.5 Å². The van der Waals surface area contributed by atoms with Gasteiger partial charge in [0.1, 0.15) is 0 Å². The lowest BCUT2D eigenvalue weighted by Gasteiger charge is -2.40. The van der Waals surface area contributed by atoms with Crippen molar-refractivity contribution in [3.63, 3.8) is 0 Å². The molecule has 0 unspecified atom stereocenters. The minimum atomic E-state index is -0.433. The SMILES string of the molecule is C=C[C@@]1(CO)C[C@@H](C)CC[C@@H]1O. The van der Waals surface area contributed by atoms with E-state index in [0.29, 0.717) is 5.92 Å². The van der Waals surface area contributed by atoms with Crippen LogP contribution in [0.5, 0.6) is 0 Å². The van der Waals surface area contributed by atoms with Crippen LogP contribution in [0, 0.1) is 11.3 Å². The second-order valence-corrected chi connectivity index (χ2v) is 4.00. The summed E-state index contributed by atoms with van der Waals surface area (Å²) in [5.41, 5.74) is -0.433. The number of hydrogen-bond donors (Lipinski definition) is 2. The summed E-state index contributed by atoms with van der Waals surface area (Å²) in [6.45, 7) is 5.86. The van der Waals surface area contributed by atoms with Crippen LogP contribution in [0.1, 0.15) is 26.2 Å². The summed E-state index contributed by atoms with van der Waals surface area (Å²) >= 11 is 0. The fourth-order valence-corrected chi connectivity index (χ4v) is 2.07. The first kappa shape index (κ1) is 9.75. The first-order valence-electron chi connectivity index (χ1n) is 4.57. The zero-order valence-corrected chi connectivity index (χ0v) is 7.66. The zero-order chi connectivity index (χ0) is 9.19. The highest BCUT2D eigenvalue weighted by atomic mass is 16.3. The van der Waals surface area contributed by atoms with Gasteiger partial charge in [0.25, 0.3) is 0 Å². The van der Waals surface area contributed by atoms with Gasteiger partial charge in [-0.15, -0.1) is 6.58 Å². The predicted molar refractivity (Wildman–Crippen MR) is 48.7 cm³/mol. The van der Waals surface area contributed by atoms with E-state index < -0.39 is 11.5 Å². The summed E-state index contributed by atoms with van der Waals surface area (Å²) in [5.74, 6) is 0.582. The second-order valence-electron chi connectivity index (χ2n) is 4.00. The molecule has 0 aromatic carbocycles. The van der Waals surface area contributed by atoms with Crippen molar-refractivity contribution in [3.05, 3.63) is 12.7 Å². The number of aliphatic hydroxyl groups excluding tert-OH is 2. The van der Waals surface area contributed by atoms with E-state index >= 15 is 0 Å². The molecule has 0 radical (unpaired) electrons. The van der Waals surface area contributed by atoms with Crippen molar-refractivity contribution in [1.29, 1.82) is 0 Å². The molecule has 2 nitrogen and oxygen atoms in total. The molecule has 0 aromatic heterocycles. The quantitative estimate of drug-likeness (QED) is 0.614. The fourth-order valence-electron chi connectivity index (χ4n) is 2.07. The van der Waals surface area contributed by atoms with Gasteiger partial charge in [-0.25, -0.2) is 0 Å². The molecule has 1 saturated carbocycles. The van der Waals surface area contributed by atoms with Crippen LogP contribution in [-0.2, 0) is 0 Å². The van der Waals surface area contributed by atoms with Gasteiger partial charge in [-0.05, 0) is 25.2 Å². The van der Waals surface area contributed by atoms with Gasteiger partial charge in [0.15, 0.2) is 0 Å². The fraction of sp³-hybridized carbons (Fsp3) is 0.800. The average Bonchev–Trinajstić information content (AvgIpc) is 2.09. The van der Waals surface area contributed by atoms with Crippen molar-refractivity contribution in [3.8, 4) is 0 Å². The maximum Gasteiger partial charge on any atom is 0.0653 e. The largest absolute Gasteiger partial charge is 0.395 e. The van der Waals surface area contributed by atoms with E-state index in [9.17, 15) is 10.2 Å². The summed E-state index contributed by atoms with van der Waals surface area (Å²) < 4.78 is 0. The van der Waals surface area contributed by atoms with E-state index in [1.807, 2.05) is 0 Å². The van der Waals surface area contributed by atoms with Crippen molar-refractivity contribution in [2.24, 2.45) is 11.3 Å². The van der Waals surface area contributed by atoms with Crippen molar-refractivity contribution in [1.82, 2.24) is 0 Å². The Hall–Kier alpha value is -0.340. The molecule has 0 aliphatic heterocycles. The van der Waals surface area contributed by atoms with Gasteiger partial charge in [-0.2, -0.15) is 0 Å². The first-order valence-corrected chi connectivity index (χ1v) is 4.57. The Kier molecular flexibility index (Phi) is 2.91. The molecule has 0 aromatic rings. The maximum atomic E-state index is 9.71. The molecular formula is C10H18O2. The lowest BCUT2D eigenvalue weighted by molar-refractivity contribution is -0.0295. The van der Waals surface area contributed by atoms with E-state index in [0.717, 1.165) is 19.3 Å². The van der Waals surface area contributed by atoms with E-state index in [1.165, 1.54) is 0 Å². The molecule has 12 heavy (non-hydrogen) atoms. The van der Waals surface area contributed by atoms with E-state index in [1.54, 1.807) is 6.08 Å². The van der Waals surface area contributed by atoms with E-state index in [2.05, 4.69) is 13.5 Å². The van der Waals surface area contributed by atoms with Crippen LogP contribution < -0.4 is 0 Å². The van der Waals surface area contributed by atoms with Crippen molar-refractivity contribution in [2.75, 3.05) is 6.61 Å². The Bertz CT molecular complexity index is 167. The molecule has 1 fully saturated rings. The lowest BCUT2D eigenvalue weighted by Crippen LogP contribution is -2.41. The Morgan fingerprint density at radius 1 is 1.58 bits per heavy atom. The van der Waals surface area contributed by atoms with Gasteiger partial charge in [0.05, 0.1) is 12.7 Å². The molecule has 0 heterocycles. The highest BCUT2D eigenvalue weighted by Gasteiger charge is 2.39. The lowest BCUT2D eigenvalue weighted by atomic mass is 9.69. The third kappa shape index (κ3) is 1.54. The molecule has 0 spiro atoms. The Labute approximate surface area is 73.9 Å². The molecule has 3 atom stereocenters. The molecule has 2 N–H and O–H groups in total. The number of rotatable bonds is 2. The van der Waals surface area contributed by atoms with Gasteiger partial charge >= 0.3 is 0 Å². The number of hydrogen-bond acceptors (Lipinski definition) is 2. The minimum Gasteiger partial charge on any atom is -0.395 e. The Morgan fingerprint density at radius 2 is 2.25 bits per heavy atom. The molecular weight excluding hydrogens is 152 g/mol. The highest BCUT2D eigenvalue weighted by Crippen LogP contribution is 2.39. The molecule has 0 saturated heterocycles. The van der Waals surface area contributed by atoms with Crippen LogP contribution in [0.3, 0.4) is 0 Å². The van der Waals surface area contributed by atoms with E-state index in [-0.39, 0.29) is 6.61 Å². The predicted octanol–water partition coefficient (Wildman–Crippen LogP) is 1.33. The van der Waals surface area contributed by atoms with Crippen LogP contribution >= 0.6 is 0 Å². The minimum absolute atomic E-state index is 0.0159. The van der Waals surface area contributed by atoms with E-state index in [4.69, 9.17) is 0 Å². The summed E-state index contributed by atoms with van der Waals surface area (Å²) in [6, 6.07) is 0.